The van der Waals surface area contributed by atoms with Crippen LogP contribution in [0, 0.1) is 13.8 Å². The molecule has 1 amide bonds. The normalized spacial score (nSPS) is 11.1. The van der Waals surface area contributed by atoms with Gasteiger partial charge in [0.25, 0.3) is 5.91 Å². The van der Waals surface area contributed by atoms with E-state index in [0.29, 0.717) is 22.7 Å². The van der Waals surface area contributed by atoms with Crippen LogP contribution in [0.2, 0.25) is 0 Å². The summed E-state index contributed by atoms with van der Waals surface area (Å²) in [5.41, 5.74) is 4.42. The topological polar surface area (TPSA) is 86.9 Å². The van der Waals surface area contributed by atoms with E-state index in [-0.39, 0.29) is 5.91 Å². The minimum absolute atomic E-state index is 0.247. The highest BCUT2D eigenvalue weighted by Gasteiger charge is 2.20. The number of carbonyl (C=O) groups is 1. The monoisotopic (exact) mass is 404 g/mol. The molecule has 1 aromatic carbocycles. The fraction of sp³-hybridized carbons (Fsp3) is 0.273. The van der Waals surface area contributed by atoms with Crippen molar-refractivity contribution in [2.45, 2.75) is 27.3 Å². The lowest BCUT2D eigenvalue weighted by Crippen LogP contribution is -2.14. The molecule has 8 nitrogen and oxygen atoms in total. The van der Waals surface area contributed by atoms with Gasteiger partial charge in [-0.15, -0.1) is 0 Å². The van der Waals surface area contributed by atoms with Crippen molar-refractivity contribution in [1.82, 2.24) is 24.5 Å². The van der Waals surface area contributed by atoms with E-state index in [0.717, 1.165) is 34.6 Å². The molecule has 154 valence electrons. The number of fused-ring (bicyclic) bond motifs is 1. The number of nitrogens with zero attached hydrogens (tertiary/aromatic N) is 5. The average Bonchev–Trinajstić information content (AvgIpc) is 3.25. The van der Waals surface area contributed by atoms with Gasteiger partial charge in [0.1, 0.15) is 5.75 Å². The summed E-state index contributed by atoms with van der Waals surface area (Å²) in [4.78, 5) is 18.0. The van der Waals surface area contributed by atoms with Crippen molar-refractivity contribution < 1.29 is 9.53 Å². The average molecular weight is 404 g/mol. The molecule has 0 saturated carbocycles. The number of benzene rings is 1. The Balaban J connectivity index is 1.83. The number of carbonyl (C=O) groups excluding carboxylic acids is 1. The van der Waals surface area contributed by atoms with Gasteiger partial charge in [-0.2, -0.15) is 10.2 Å². The second-order valence-electron chi connectivity index (χ2n) is 7.14. The number of hydrogen-bond donors (Lipinski definition) is 1. The van der Waals surface area contributed by atoms with E-state index in [1.165, 1.54) is 0 Å². The smallest absolute Gasteiger partial charge is 0.257 e. The quantitative estimate of drug-likeness (QED) is 0.548. The van der Waals surface area contributed by atoms with Crippen molar-refractivity contribution in [3.63, 3.8) is 0 Å². The molecule has 0 atom stereocenters. The van der Waals surface area contributed by atoms with Gasteiger partial charge < -0.3 is 10.1 Å². The van der Waals surface area contributed by atoms with E-state index in [9.17, 15) is 4.79 Å². The van der Waals surface area contributed by atoms with E-state index < -0.39 is 0 Å². The Morgan fingerprint density at radius 2 is 1.97 bits per heavy atom. The zero-order chi connectivity index (χ0) is 21.4. The Kier molecular flexibility index (Phi) is 4.99. The van der Waals surface area contributed by atoms with Crippen LogP contribution in [0.15, 0.2) is 36.4 Å². The van der Waals surface area contributed by atoms with Crippen LogP contribution in [0.3, 0.4) is 0 Å². The van der Waals surface area contributed by atoms with Crippen LogP contribution in [0.5, 0.6) is 5.75 Å². The third kappa shape index (κ3) is 3.41. The van der Waals surface area contributed by atoms with Gasteiger partial charge in [-0.05, 0) is 39.0 Å². The summed E-state index contributed by atoms with van der Waals surface area (Å²) in [7, 11) is 3.45. The maximum absolute atomic E-state index is 13.3. The first-order chi connectivity index (χ1) is 14.4. The summed E-state index contributed by atoms with van der Waals surface area (Å²) in [6.45, 7) is 6.59. The number of rotatable bonds is 5. The lowest BCUT2D eigenvalue weighted by atomic mass is 10.0. The van der Waals surface area contributed by atoms with Crippen molar-refractivity contribution in [2.75, 3.05) is 12.4 Å². The highest BCUT2D eigenvalue weighted by Crippen LogP contribution is 2.29. The Morgan fingerprint density at radius 3 is 2.67 bits per heavy atom. The molecule has 0 spiro atoms. The van der Waals surface area contributed by atoms with Crippen molar-refractivity contribution in [1.29, 1.82) is 0 Å². The van der Waals surface area contributed by atoms with Crippen molar-refractivity contribution >= 4 is 22.8 Å². The molecule has 8 heteroatoms. The van der Waals surface area contributed by atoms with Crippen molar-refractivity contribution in [2.24, 2.45) is 7.05 Å². The highest BCUT2D eigenvalue weighted by atomic mass is 16.5. The number of amides is 1. The summed E-state index contributed by atoms with van der Waals surface area (Å²) in [6, 6.07) is 11.3. The van der Waals surface area contributed by atoms with Crippen LogP contribution in [0.1, 0.15) is 28.7 Å². The standard InChI is InChI=1S/C22H24N6O2/c1-6-28-13(2)10-19(26-28)24-22(29)17-12-18(15-8-7-9-16(11-15)30-5)23-21-20(17)14(3)25-27(21)4/h7-12H,6H2,1-5H3,(H,24,26,29). The van der Waals surface area contributed by atoms with Gasteiger partial charge in [0.2, 0.25) is 0 Å². The zero-order valence-corrected chi connectivity index (χ0v) is 17.7. The number of pyridine rings is 1. The van der Waals surface area contributed by atoms with Crippen LogP contribution >= 0.6 is 0 Å². The number of hydrogen-bond acceptors (Lipinski definition) is 5. The second-order valence-corrected chi connectivity index (χ2v) is 7.14. The molecular formula is C22H24N6O2. The number of aryl methyl sites for hydroxylation is 4. The van der Waals surface area contributed by atoms with Gasteiger partial charge >= 0.3 is 0 Å². The molecule has 3 aromatic heterocycles. The minimum Gasteiger partial charge on any atom is -0.497 e. The SMILES string of the molecule is CCn1nc(NC(=O)c2cc(-c3cccc(OC)c3)nc3c2c(C)nn3C)cc1C. The van der Waals surface area contributed by atoms with Gasteiger partial charge in [0, 0.05) is 30.9 Å². The molecule has 3 heterocycles. The first-order valence-corrected chi connectivity index (χ1v) is 9.75. The minimum atomic E-state index is -0.247. The fourth-order valence-corrected chi connectivity index (χ4v) is 3.63. The fourth-order valence-electron chi connectivity index (χ4n) is 3.63. The van der Waals surface area contributed by atoms with Crippen LogP contribution in [-0.2, 0) is 13.6 Å². The van der Waals surface area contributed by atoms with E-state index in [1.807, 2.05) is 62.8 Å². The molecule has 0 aliphatic carbocycles. The number of methoxy groups -OCH3 is 1. The Hall–Kier alpha value is -3.68. The largest absolute Gasteiger partial charge is 0.497 e. The van der Waals surface area contributed by atoms with Crippen LogP contribution in [-0.4, -0.2) is 37.6 Å². The number of ether oxygens (including phenoxy) is 1. The number of nitrogens with one attached hydrogen (secondary N) is 1. The molecule has 0 radical (unpaired) electrons. The second kappa shape index (κ2) is 7.62. The molecule has 0 aliphatic heterocycles. The van der Waals surface area contributed by atoms with Gasteiger partial charge in [-0.1, -0.05) is 12.1 Å². The predicted octanol–water partition coefficient (Wildman–Crippen LogP) is 3.73. The third-order valence-electron chi connectivity index (χ3n) is 5.10. The molecule has 0 fully saturated rings. The number of aromatic nitrogens is 5. The Morgan fingerprint density at radius 1 is 1.17 bits per heavy atom. The molecule has 1 N–H and O–H groups in total. The molecular weight excluding hydrogens is 380 g/mol. The lowest BCUT2D eigenvalue weighted by Gasteiger charge is -2.09. The van der Waals surface area contributed by atoms with Gasteiger partial charge in [-0.25, -0.2) is 4.98 Å². The first kappa shape index (κ1) is 19.6. The molecule has 4 aromatic rings. The van der Waals surface area contributed by atoms with E-state index in [2.05, 4.69) is 15.5 Å². The van der Waals surface area contributed by atoms with Crippen molar-refractivity contribution in [3.05, 3.63) is 53.3 Å². The first-order valence-electron chi connectivity index (χ1n) is 9.75. The molecule has 0 aliphatic rings. The van der Waals surface area contributed by atoms with Crippen LogP contribution < -0.4 is 10.1 Å². The van der Waals surface area contributed by atoms with Gasteiger partial charge in [-0.3, -0.25) is 14.2 Å². The Labute approximate surface area is 174 Å². The Bertz CT molecular complexity index is 1250. The van der Waals surface area contributed by atoms with Crippen molar-refractivity contribution in [3.8, 4) is 17.0 Å². The maximum atomic E-state index is 13.3. The van der Waals surface area contributed by atoms with Crippen LogP contribution in [0.25, 0.3) is 22.3 Å². The maximum Gasteiger partial charge on any atom is 0.257 e. The predicted molar refractivity (Wildman–Crippen MR) is 116 cm³/mol. The summed E-state index contributed by atoms with van der Waals surface area (Å²) in [6.07, 6.45) is 0. The molecule has 30 heavy (non-hydrogen) atoms. The third-order valence-corrected chi connectivity index (χ3v) is 5.10. The van der Waals surface area contributed by atoms with E-state index >= 15 is 0 Å². The van der Waals surface area contributed by atoms with E-state index in [4.69, 9.17) is 9.72 Å². The molecule has 0 unspecified atom stereocenters. The van der Waals surface area contributed by atoms with Gasteiger partial charge in [0.05, 0.1) is 29.4 Å². The number of anilines is 1. The van der Waals surface area contributed by atoms with E-state index in [1.54, 1.807) is 17.9 Å². The summed E-state index contributed by atoms with van der Waals surface area (Å²) in [5.74, 6) is 0.999. The molecule has 0 saturated heterocycles. The highest BCUT2D eigenvalue weighted by molar-refractivity contribution is 6.13. The molecule has 0 bridgehead atoms. The zero-order valence-electron chi connectivity index (χ0n) is 17.7. The van der Waals surface area contributed by atoms with Crippen LogP contribution in [0.4, 0.5) is 5.82 Å². The lowest BCUT2D eigenvalue weighted by molar-refractivity contribution is 0.102. The summed E-state index contributed by atoms with van der Waals surface area (Å²) in [5, 5.41) is 12.6. The molecule has 4 rings (SSSR count). The summed E-state index contributed by atoms with van der Waals surface area (Å²) < 4.78 is 8.87. The van der Waals surface area contributed by atoms with Gasteiger partial charge in [0.15, 0.2) is 11.5 Å². The summed E-state index contributed by atoms with van der Waals surface area (Å²) >= 11 is 0.